The first kappa shape index (κ1) is 33.5. The smallest absolute Gasteiger partial charge is 0.418 e. The highest BCUT2D eigenvalue weighted by Crippen LogP contribution is 2.38. The van der Waals surface area contributed by atoms with Crippen molar-refractivity contribution in [2.45, 2.75) is 87.0 Å². The number of ether oxygens (including phenoxy) is 2. The van der Waals surface area contributed by atoms with E-state index >= 15 is 0 Å². The van der Waals surface area contributed by atoms with E-state index in [0.29, 0.717) is 17.2 Å². The van der Waals surface area contributed by atoms with Gasteiger partial charge >= 0.3 is 6.09 Å². The molecule has 13 heteroatoms. The zero-order valence-corrected chi connectivity index (χ0v) is 27.6. The lowest BCUT2D eigenvalue weighted by Gasteiger charge is -2.35. The number of hydrogen-bond donors (Lipinski definition) is 1. The van der Waals surface area contributed by atoms with Gasteiger partial charge in [0.05, 0.1) is 11.4 Å². The van der Waals surface area contributed by atoms with Crippen LogP contribution in [0.3, 0.4) is 0 Å². The first-order chi connectivity index (χ1) is 20.7. The highest BCUT2D eigenvalue weighted by atomic mass is 32.2. The van der Waals surface area contributed by atoms with Gasteiger partial charge < -0.3 is 14.8 Å². The van der Waals surface area contributed by atoms with Gasteiger partial charge in [0.25, 0.3) is 21.8 Å². The zero-order valence-electron chi connectivity index (χ0n) is 26.0. The van der Waals surface area contributed by atoms with E-state index in [1.165, 1.54) is 37.7 Å². The van der Waals surface area contributed by atoms with Gasteiger partial charge in [0.2, 0.25) is 0 Å². The van der Waals surface area contributed by atoms with E-state index in [0.717, 1.165) is 22.0 Å². The number of amidine groups is 1. The molecule has 0 aliphatic carbocycles. The molecule has 3 amide bonds. The summed E-state index contributed by atoms with van der Waals surface area (Å²) in [6, 6.07) is 11.5. The lowest BCUT2D eigenvalue weighted by atomic mass is 10.1. The van der Waals surface area contributed by atoms with Crippen molar-refractivity contribution in [2.75, 3.05) is 25.1 Å². The quantitative estimate of drug-likeness (QED) is 0.234. The minimum Gasteiger partial charge on any atom is -0.433 e. The predicted molar refractivity (Wildman–Crippen MR) is 170 cm³/mol. The number of imide groups is 1. The monoisotopic (exact) mass is 644 g/mol. The number of benzene rings is 2. The van der Waals surface area contributed by atoms with Crippen LogP contribution in [-0.4, -0.2) is 77.5 Å². The fourth-order valence-corrected chi connectivity index (χ4v) is 7.38. The number of nitrogens with zero attached hydrogens (tertiary/aromatic N) is 3. The lowest BCUT2D eigenvalue weighted by molar-refractivity contribution is -0.137. The van der Waals surface area contributed by atoms with E-state index in [1.54, 1.807) is 24.3 Å². The van der Waals surface area contributed by atoms with Crippen molar-refractivity contribution < 1.29 is 32.3 Å². The summed E-state index contributed by atoms with van der Waals surface area (Å²) in [4.78, 5) is 47.1. The highest BCUT2D eigenvalue weighted by Gasteiger charge is 2.55. The molecule has 2 aliphatic heterocycles. The number of amides is 3. The standard InChI is InChI=1S/C31H40N4O7S2/c1-7-8-19-41-20-13-18-34-26(32-22-15-10-12-17-24(22)44(34,39)40)25(35-28(37)31(5,6)42-29(35)38)27(36)33-21-14-9-11-16-23(21)43-30(2,3)4/h9-12,14-17,25H,7-8,13,18-20H2,1-6H3,(H,33,36). The molecule has 4 rings (SSSR count). The van der Waals surface area contributed by atoms with E-state index in [-0.39, 0.29) is 40.7 Å². The third-order valence-electron chi connectivity index (χ3n) is 6.80. The average molecular weight is 645 g/mol. The first-order valence-corrected chi connectivity index (χ1v) is 16.9. The maximum atomic E-state index is 14.3. The van der Waals surface area contributed by atoms with Gasteiger partial charge in [-0.15, -0.1) is 11.8 Å². The Hall–Kier alpha value is -3.42. The Morgan fingerprint density at radius 1 is 1.07 bits per heavy atom. The van der Waals surface area contributed by atoms with Gasteiger partial charge in [-0.25, -0.2) is 23.1 Å². The number of hydrogen-bond acceptors (Lipinski definition) is 9. The Labute approximate surface area is 263 Å². The second kappa shape index (κ2) is 13.3. The second-order valence-corrected chi connectivity index (χ2v) is 15.7. The summed E-state index contributed by atoms with van der Waals surface area (Å²) in [6.07, 6.45) is 1.04. The van der Waals surface area contributed by atoms with E-state index in [2.05, 4.69) is 10.3 Å². The van der Waals surface area contributed by atoms with Crippen LogP contribution < -0.4 is 5.32 Å². The van der Waals surface area contributed by atoms with Crippen LogP contribution in [0.5, 0.6) is 0 Å². The molecule has 1 fully saturated rings. The van der Waals surface area contributed by atoms with Gasteiger partial charge in [0, 0.05) is 29.4 Å². The fraction of sp³-hybridized carbons (Fsp3) is 0.484. The van der Waals surface area contributed by atoms with Crippen molar-refractivity contribution in [1.82, 2.24) is 9.21 Å². The van der Waals surface area contributed by atoms with Crippen LogP contribution in [0, 0.1) is 0 Å². The number of carbonyl (C=O) groups excluding carboxylic acids is 3. The lowest BCUT2D eigenvalue weighted by Crippen LogP contribution is -2.59. The molecule has 0 spiro atoms. The number of fused-ring (bicyclic) bond motifs is 1. The molecule has 1 unspecified atom stereocenters. The molecule has 0 saturated carbocycles. The maximum absolute atomic E-state index is 14.3. The minimum atomic E-state index is -4.23. The van der Waals surface area contributed by atoms with Crippen molar-refractivity contribution in [3.05, 3.63) is 48.5 Å². The first-order valence-electron chi connectivity index (χ1n) is 14.6. The largest absolute Gasteiger partial charge is 0.433 e. The van der Waals surface area contributed by atoms with Crippen LogP contribution in [0.2, 0.25) is 0 Å². The molecular formula is C31H40N4O7S2. The number of cyclic esters (lactones) is 1. The third-order valence-corrected chi connectivity index (χ3v) is 9.84. The third kappa shape index (κ3) is 7.27. The number of rotatable bonds is 12. The molecule has 0 radical (unpaired) electrons. The van der Waals surface area contributed by atoms with Crippen molar-refractivity contribution in [3.8, 4) is 0 Å². The van der Waals surface area contributed by atoms with Gasteiger partial charge in [-0.1, -0.05) is 58.4 Å². The summed E-state index contributed by atoms with van der Waals surface area (Å²) in [7, 11) is -4.23. The van der Waals surface area contributed by atoms with Crippen molar-refractivity contribution in [1.29, 1.82) is 0 Å². The number of sulfonamides is 1. The van der Waals surface area contributed by atoms with Crippen LogP contribution in [0.4, 0.5) is 16.2 Å². The highest BCUT2D eigenvalue weighted by molar-refractivity contribution is 8.00. The van der Waals surface area contributed by atoms with Gasteiger partial charge in [-0.05, 0) is 51.0 Å². The number of anilines is 1. The average Bonchev–Trinajstić information content (AvgIpc) is 3.14. The summed E-state index contributed by atoms with van der Waals surface area (Å²) in [5.74, 6) is -1.88. The van der Waals surface area contributed by atoms with Crippen molar-refractivity contribution in [3.63, 3.8) is 0 Å². The van der Waals surface area contributed by atoms with Crippen molar-refractivity contribution in [2.24, 2.45) is 4.99 Å². The molecule has 1 atom stereocenters. The van der Waals surface area contributed by atoms with Crippen LogP contribution in [0.15, 0.2) is 63.3 Å². The molecular weight excluding hydrogens is 604 g/mol. The van der Waals surface area contributed by atoms with E-state index in [4.69, 9.17) is 9.47 Å². The van der Waals surface area contributed by atoms with Gasteiger partial charge in [0.1, 0.15) is 4.90 Å². The fourth-order valence-electron chi connectivity index (χ4n) is 4.73. The second-order valence-electron chi connectivity index (χ2n) is 12.0. The Kier molecular flexibility index (Phi) is 10.1. The van der Waals surface area contributed by atoms with Gasteiger partial charge in [-0.3, -0.25) is 13.9 Å². The molecule has 2 heterocycles. The topological polar surface area (TPSA) is 135 Å². The Balaban J connectivity index is 1.81. The van der Waals surface area contributed by atoms with Crippen molar-refractivity contribution >= 4 is 56.9 Å². The maximum Gasteiger partial charge on any atom is 0.418 e. The van der Waals surface area contributed by atoms with Gasteiger partial charge in [0.15, 0.2) is 17.5 Å². The number of nitrogens with one attached hydrogen (secondary N) is 1. The molecule has 1 saturated heterocycles. The summed E-state index contributed by atoms with van der Waals surface area (Å²) < 4.78 is 39.9. The summed E-state index contributed by atoms with van der Waals surface area (Å²) >= 11 is 1.52. The molecule has 238 valence electrons. The van der Waals surface area contributed by atoms with Crippen LogP contribution in [-0.2, 0) is 29.1 Å². The number of carbonyl (C=O) groups is 3. The molecule has 2 aromatic rings. The SMILES string of the molecule is CCCCOCCCN1C(C(C(=O)Nc2ccccc2SC(C)(C)C)N2C(=O)OC(C)(C)C2=O)=Nc2ccccc2S1(=O)=O. The molecule has 11 nitrogen and oxygen atoms in total. The summed E-state index contributed by atoms with van der Waals surface area (Å²) in [5, 5.41) is 2.85. The molecule has 2 aromatic carbocycles. The summed E-state index contributed by atoms with van der Waals surface area (Å²) in [5.41, 5.74) is -1.03. The normalized spacial score (nSPS) is 18.0. The zero-order chi connectivity index (χ0) is 32.3. The molecule has 2 aliphatic rings. The van der Waals surface area contributed by atoms with E-state index in [9.17, 15) is 22.8 Å². The predicted octanol–water partition coefficient (Wildman–Crippen LogP) is 5.58. The van der Waals surface area contributed by atoms with E-state index < -0.39 is 39.6 Å². The minimum absolute atomic E-state index is 0.0441. The number of unbranched alkanes of at least 4 members (excludes halogenated alkanes) is 1. The molecule has 44 heavy (non-hydrogen) atoms. The van der Waals surface area contributed by atoms with Crippen LogP contribution in [0.25, 0.3) is 0 Å². The number of thioether (sulfide) groups is 1. The Bertz CT molecular complexity index is 1550. The Morgan fingerprint density at radius 2 is 1.73 bits per heavy atom. The molecule has 1 N–H and O–H groups in total. The number of para-hydroxylation sites is 2. The van der Waals surface area contributed by atoms with E-state index in [1.807, 2.05) is 39.8 Å². The Morgan fingerprint density at radius 3 is 2.39 bits per heavy atom. The molecule has 0 bridgehead atoms. The summed E-state index contributed by atoms with van der Waals surface area (Å²) in [6.45, 7) is 11.7. The van der Waals surface area contributed by atoms with Gasteiger partial charge in [-0.2, -0.15) is 0 Å². The number of aliphatic imine (C=N–C) groups is 1. The van der Waals surface area contributed by atoms with Crippen LogP contribution >= 0.6 is 11.8 Å². The van der Waals surface area contributed by atoms with Crippen LogP contribution in [0.1, 0.15) is 60.8 Å². The molecule has 0 aromatic heterocycles.